The van der Waals surface area contributed by atoms with Gasteiger partial charge in [-0.25, -0.2) is 4.98 Å². The predicted octanol–water partition coefficient (Wildman–Crippen LogP) is 1.91. The maximum atomic E-state index is 4.75. The van der Waals surface area contributed by atoms with Gasteiger partial charge >= 0.3 is 0 Å². The van der Waals surface area contributed by atoms with Crippen molar-refractivity contribution in [2.24, 2.45) is 0 Å². The lowest BCUT2D eigenvalue weighted by Crippen LogP contribution is -2.13. The largest absolute Gasteiger partial charge is 0.360 e. The Hall–Kier alpha value is -2.17. The minimum atomic E-state index is 0.792. The van der Waals surface area contributed by atoms with Crippen molar-refractivity contribution in [3.63, 3.8) is 0 Å². The molecule has 0 atom stereocenters. The fourth-order valence-corrected chi connectivity index (χ4v) is 2.21. The van der Waals surface area contributed by atoms with Gasteiger partial charge in [0.05, 0.1) is 11.0 Å². The predicted molar refractivity (Wildman–Crippen MR) is 72.0 cm³/mol. The van der Waals surface area contributed by atoms with Crippen molar-refractivity contribution in [1.82, 2.24) is 19.6 Å². The molecule has 1 aromatic carbocycles. The van der Waals surface area contributed by atoms with Crippen LogP contribution in [0.5, 0.6) is 0 Å². The molecule has 5 nitrogen and oxygen atoms in total. The van der Waals surface area contributed by atoms with Gasteiger partial charge in [0.2, 0.25) is 5.65 Å². The Morgan fingerprint density at radius 3 is 2.83 bits per heavy atom. The first kappa shape index (κ1) is 11.0. The van der Waals surface area contributed by atoms with Crippen LogP contribution in [-0.2, 0) is 6.42 Å². The average molecular weight is 241 g/mol. The zero-order valence-corrected chi connectivity index (χ0v) is 10.8. The summed E-state index contributed by atoms with van der Waals surface area (Å²) < 4.78 is 2.00. The number of anilines is 1. The number of hydrogen-bond acceptors (Lipinski definition) is 4. The number of benzene rings is 1. The highest BCUT2D eigenvalue weighted by Gasteiger charge is 2.13. The van der Waals surface area contributed by atoms with Gasteiger partial charge in [0.15, 0.2) is 5.82 Å². The highest BCUT2D eigenvalue weighted by atomic mass is 15.3. The second-order valence-electron chi connectivity index (χ2n) is 4.49. The zero-order valence-electron chi connectivity index (χ0n) is 10.8. The van der Waals surface area contributed by atoms with Crippen LogP contribution in [0.2, 0.25) is 0 Å². The van der Waals surface area contributed by atoms with E-state index in [4.69, 9.17) is 4.98 Å². The van der Waals surface area contributed by atoms with Crippen molar-refractivity contribution < 1.29 is 0 Å². The smallest absolute Gasteiger partial charge is 0.204 e. The summed E-state index contributed by atoms with van der Waals surface area (Å²) in [5, 5.41) is 8.15. The van der Waals surface area contributed by atoms with Crippen LogP contribution in [0.1, 0.15) is 12.5 Å². The van der Waals surface area contributed by atoms with Gasteiger partial charge in [-0.15, -0.1) is 10.2 Å². The monoisotopic (exact) mass is 241 g/mol. The number of fused-ring (bicyclic) bond motifs is 3. The van der Waals surface area contributed by atoms with Crippen molar-refractivity contribution in [3.05, 3.63) is 30.1 Å². The summed E-state index contributed by atoms with van der Waals surface area (Å²) in [5.74, 6) is 0.848. The quantitative estimate of drug-likeness (QED) is 0.687. The first-order chi connectivity index (χ1) is 8.72. The molecule has 0 fully saturated rings. The molecule has 0 amide bonds. The fourth-order valence-electron chi connectivity index (χ4n) is 2.21. The lowest BCUT2D eigenvalue weighted by molar-refractivity contribution is 1.05. The molecule has 0 unspecified atom stereocenters. The van der Waals surface area contributed by atoms with Crippen LogP contribution in [0.4, 0.5) is 5.82 Å². The third kappa shape index (κ3) is 1.44. The molecule has 0 aliphatic rings. The number of para-hydroxylation sites is 1. The molecule has 0 aliphatic heterocycles. The Kier molecular flexibility index (Phi) is 2.40. The standard InChI is InChI=1S/C13H15N5/c1-4-9-6-5-7-10-11(9)15-12(17(2)3)13-16-14-8-18(10)13/h5-8H,4H2,1-3H3. The van der Waals surface area contributed by atoms with Gasteiger partial charge in [-0.2, -0.15) is 0 Å². The first-order valence-electron chi connectivity index (χ1n) is 6.01. The molecule has 2 heterocycles. The fraction of sp³-hybridized carbons (Fsp3) is 0.308. The lowest BCUT2D eigenvalue weighted by Gasteiger charge is -2.14. The van der Waals surface area contributed by atoms with Crippen LogP contribution in [-0.4, -0.2) is 33.7 Å². The van der Waals surface area contributed by atoms with E-state index in [-0.39, 0.29) is 0 Å². The van der Waals surface area contributed by atoms with Gasteiger partial charge in [-0.3, -0.25) is 4.40 Å². The minimum Gasteiger partial charge on any atom is -0.360 e. The Balaban J connectivity index is 2.51. The molecule has 0 N–H and O–H groups in total. The molecule has 0 spiro atoms. The van der Waals surface area contributed by atoms with Crippen LogP contribution >= 0.6 is 0 Å². The summed E-state index contributed by atoms with van der Waals surface area (Å²) in [6.07, 6.45) is 2.70. The van der Waals surface area contributed by atoms with Gasteiger partial charge < -0.3 is 4.90 Å². The van der Waals surface area contributed by atoms with Gasteiger partial charge in [0.25, 0.3) is 0 Å². The van der Waals surface area contributed by atoms with E-state index in [2.05, 4.69) is 35.3 Å². The van der Waals surface area contributed by atoms with Crippen molar-refractivity contribution in [3.8, 4) is 0 Å². The van der Waals surface area contributed by atoms with Gasteiger partial charge in [0, 0.05) is 14.1 Å². The van der Waals surface area contributed by atoms with E-state index < -0.39 is 0 Å². The molecule has 0 saturated carbocycles. The number of aromatic nitrogens is 4. The molecule has 2 aromatic heterocycles. The molecular weight excluding hydrogens is 226 g/mol. The molecule has 18 heavy (non-hydrogen) atoms. The molecule has 0 radical (unpaired) electrons. The van der Waals surface area contributed by atoms with E-state index in [0.717, 1.165) is 28.9 Å². The summed E-state index contributed by atoms with van der Waals surface area (Å²) in [7, 11) is 3.94. The minimum absolute atomic E-state index is 0.792. The molecule has 3 rings (SSSR count). The first-order valence-corrected chi connectivity index (χ1v) is 6.01. The van der Waals surface area contributed by atoms with E-state index in [1.165, 1.54) is 5.56 Å². The van der Waals surface area contributed by atoms with Crippen molar-refractivity contribution in [2.75, 3.05) is 19.0 Å². The maximum absolute atomic E-state index is 4.75. The van der Waals surface area contributed by atoms with E-state index in [1.54, 1.807) is 6.33 Å². The number of rotatable bonds is 2. The van der Waals surface area contributed by atoms with Gasteiger partial charge in [-0.1, -0.05) is 19.1 Å². The maximum Gasteiger partial charge on any atom is 0.204 e. The van der Waals surface area contributed by atoms with E-state index in [0.29, 0.717) is 0 Å². The number of hydrogen-bond donors (Lipinski definition) is 0. The van der Waals surface area contributed by atoms with Crippen LogP contribution in [0.25, 0.3) is 16.7 Å². The van der Waals surface area contributed by atoms with Crippen molar-refractivity contribution >= 4 is 22.5 Å². The highest BCUT2D eigenvalue weighted by molar-refractivity contribution is 5.85. The summed E-state index contributed by atoms with van der Waals surface area (Å²) in [6.45, 7) is 2.14. The normalized spacial score (nSPS) is 11.3. The zero-order chi connectivity index (χ0) is 12.7. The SMILES string of the molecule is CCc1cccc2c1nc(N(C)C)c1nncn12. The third-order valence-electron chi connectivity index (χ3n) is 3.13. The second kappa shape index (κ2) is 3.94. The summed E-state index contributed by atoms with van der Waals surface area (Å²) in [6, 6.07) is 6.22. The Morgan fingerprint density at radius 2 is 2.11 bits per heavy atom. The molecule has 92 valence electrons. The van der Waals surface area contributed by atoms with Gasteiger partial charge in [0.1, 0.15) is 6.33 Å². The number of nitrogens with zero attached hydrogens (tertiary/aromatic N) is 5. The van der Waals surface area contributed by atoms with E-state index in [1.807, 2.05) is 23.4 Å². The van der Waals surface area contributed by atoms with Gasteiger partial charge in [-0.05, 0) is 18.1 Å². The summed E-state index contributed by atoms with van der Waals surface area (Å²) in [4.78, 5) is 6.72. The van der Waals surface area contributed by atoms with Crippen LogP contribution in [0, 0.1) is 0 Å². The summed E-state index contributed by atoms with van der Waals surface area (Å²) in [5.41, 5.74) is 4.11. The van der Waals surface area contributed by atoms with Crippen molar-refractivity contribution in [1.29, 1.82) is 0 Å². The molecular formula is C13H15N5. The molecule has 0 saturated heterocycles. The van der Waals surface area contributed by atoms with Crippen molar-refractivity contribution in [2.45, 2.75) is 13.3 Å². The topological polar surface area (TPSA) is 46.3 Å². The van der Waals surface area contributed by atoms with Crippen LogP contribution < -0.4 is 4.90 Å². The van der Waals surface area contributed by atoms with Crippen LogP contribution in [0.3, 0.4) is 0 Å². The Labute approximate surface area is 105 Å². The third-order valence-corrected chi connectivity index (χ3v) is 3.13. The average Bonchev–Trinajstić information content (AvgIpc) is 2.86. The molecule has 3 aromatic rings. The molecule has 0 bridgehead atoms. The molecule has 5 heteroatoms. The summed E-state index contributed by atoms with van der Waals surface area (Å²) >= 11 is 0. The highest BCUT2D eigenvalue weighted by Crippen LogP contribution is 2.24. The Bertz CT molecular complexity index is 714. The van der Waals surface area contributed by atoms with E-state index in [9.17, 15) is 0 Å². The number of aryl methyl sites for hydroxylation is 1. The Morgan fingerprint density at radius 1 is 1.28 bits per heavy atom. The lowest BCUT2D eigenvalue weighted by atomic mass is 10.1. The van der Waals surface area contributed by atoms with E-state index >= 15 is 0 Å². The second-order valence-corrected chi connectivity index (χ2v) is 4.49. The van der Waals surface area contributed by atoms with Crippen LogP contribution in [0.15, 0.2) is 24.5 Å². The molecule has 0 aliphatic carbocycles.